The van der Waals surface area contributed by atoms with Gasteiger partial charge >= 0.3 is 0 Å². The third kappa shape index (κ3) is 3.72. The molecule has 1 heterocycles. The molecule has 1 aliphatic heterocycles. The number of hydrogen-bond donors (Lipinski definition) is 1. The summed E-state index contributed by atoms with van der Waals surface area (Å²) in [7, 11) is 0. The normalized spacial score (nSPS) is 28.3. The first-order valence-corrected chi connectivity index (χ1v) is 6.65. The Bertz CT molecular complexity index is 220. The molecule has 0 aromatic carbocycles. The molecule has 1 N–H and O–H groups in total. The fourth-order valence-electron chi connectivity index (χ4n) is 2.46. The molecule has 2 rings (SSSR count). The van der Waals surface area contributed by atoms with Gasteiger partial charge in [-0.3, -0.25) is 4.90 Å². The van der Waals surface area contributed by atoms with Gasteiger partial charge in [-0.1, -0.05) is 0 Å². The van der Waals surface area contributed by atoms with Crippen molar-refractivity contribution in [2.24, 2.45) is 5.92 Å². The van der Waals surface area contributed by atoms with E-state index in [4.69, 9.17) is 4.74 Å². The average molecular weight is 226 g/mol. The molecule has 1 unspecified atom stereocenters. The standard InChI is InChI=1S/C13H26N2O/c1-13(2,3)16-9-8-15-7-6-14-10-12(15)11-4-5-11/h11-12,14H,4-10H2,1-3H3. The van der Waals surface area contributed by atoms with E-state index in [9.17, 15) is 0 Å². The van der Waals surface area contributed by atoms with Crippen LogP contribution >= 0.6 is 0 Å². The minimum absolute atomic E-state index is 0.00309. The highest BCUT2D eigenvalue weighted by atomic mass is 16.5. The third-order valence-electron chi connectivity index (χ3n) is 3.48. The maximum atomic E-state index is 5.82. The smallest absolute Gasteiger partial charge is 0.0600 e. The van der Waals surface area contributed by atoms with E-state index in [0.29, 0.717) is 0 Å². The van der Waals surface area contributed by atoms with Crippen molar-refractivity contribution in [1.82, 2.24) is 10.2 Å². The maximum absolute atomic E-state index is 5.82. The molecular formula is C13H26N2O. The molecule has 94 valence electrons. The zero-order valence-corrected chi connectivity index (χ0v) is 11.0. The number of ether oxygens (including phenoxy) is 1. The minimum Gasteiger partial charge on any atom is -0.375 e. The molecule has 1 saturated heterocycles. The number of nitrogens with zero attached hydrogens (tertiary/aromatic N) is 1. The van der Waals surface area contributed by atoms with Crippen LogP contribution in [0, 0.1) is 5.92 Å². The van der Waals surface area contributed by atoms with E-state index in [1.807, 2.05) is 0 Å². The highest BCUT2D eigenvalue weighted by Crippen LogP contribution is 2.35. The SMILES string of the molecule is CC(C)(C)OCCN1CCNCC1C1CC1. The molecule has 3 heteroatoms. The molecule has 0 aromatic heterocycles. The lowest BCUT2D eigenvalue weighted by Crippen LogP contribution is -2.53. The molecule has 0 bridgehead atoms. The summed E-state index contributed by atoms with van der Waals surface area (Å²) in [6, 6.07) is 0.775. The molecule has 0 radical (unpaired) electrons. The fraction of sp³-hybridized carbons (Fsp3) is 1.00. The zero-order valence-electron chi connectivity index (χ0n) is 11.0. The lowest BCUT2D eigenvalue weighted by Gasteiger charge is -2.37. The number of piperazine rings is 1. The van der Waals surface area contributed by atoms with Crippen molar-refractivity contribution in [3.05, 3.63) is 0 Å². The highest BCUT2D eigenvalue weighted by molar-refractivity contribution is 4.92. The topological polar surface area (TPSA) is 24.5 Å². The van der Waals surface area contributed by atoms with E-state index < -0.39 is 0 Å². The summed E-state index contributed by atoms with van der Waals surface area (Å²) in [5, 5.41) is 3.51. The zero-order chi connectivity index (χ0) is 11.6. The van der Waals surface area contributed by atoms with E-state index >= 15 is 0 Å². The Morgan fingerprint density at radius 2 is 2.06 bits per heavy atom. The van der Waals surface area contributed by atoms with Gasteiger partial charge in [0.05, 0.1) is 12.2 Å². The van der Waals surface area contributed by atoms with Crippen molar-refractivity contribution < 1.29 is 4.74 Å². The molecule has 0 spiro atoms. The van der Waals surface area contributed by atoms with Gasteiger partial charge in [-0.05, 0) is 39.5 Å². The van der Waals surface area contributed by atoms with Crippen LogP contribution in [0.25, 0.3) is 0 Å². The largest absolute Gasteiger partial charge is 0.375 e. The number of rotatable bonds is 4. The first-order chi connectivity index (χ1) is 7.56. The molecule has 16 heavy (non-hydrogen) atoms. The van der Waals surface area contributed by atoms with Crippen molar-refractivity contribution in [2.75, 3.05) is 32.8 Å². The molecule has 0 aromatic rings. The van der Waals surface area contributed by atoms with E-state index in [0.717, 1.165) is 31.7 Å². The van der Waals surface area contributed by atoms with Gasteiger partial charge in [0.2, 0.25) is 0 Å². The monoisotopic (exact) mass is 226 g/mol. The van der Waals surface area contributed by atoms with Gasteiger partial charge in [-0.25, -0.2) is 0 Å². The fourth-order valence-corrected chi connectivity index (χ4v) is 2.46. The second-order valence-electron chi connectivity index (χ2n) is 6.11. The maximum Gasteiger partial charge on any atom is 0.0600 e. The van der Waals surface area contributed by atoms with Crippen LogP contribution in [0.1, 0.15) is 33.6 Å². The average Bonchev–Trinajstić information content (AvgIpc) is 3.00. The van der Waals surface area contributed by atoms with Crippen molar-refractivity contribution >= 4 is 0 Å². The number of nitrogens with one attached hydrogen (secondary N) is 1. The van der Waals surface area contributed by atoms with Crippen LogP contribution in [0.3, 0.4) is 0 Å². The van der Waals surface area contributed by atoms with Gasteiger partial charge in [-0.2, -0.15) is 0 Å². The Balaban J connectivity index is 1.73. The van der Waals surface area contributed by atoms with Crippen LogP contribution in [-0.2, 0) is 4.74 Å². The van der Waals surface area contributed by atoms with Crippen LogP contribution in [0.4, 0.5) is 0 Å². The Morgan fingerprint density at radius 3 is 2.69 bits per heavy atom. The number of hydrogen-bond acceptors (Lipinski definition) is 3. The second-order valence-corrected chi connectivity index (χ2v) is 6.11. The van der Waals surface area contributed by atoms with Gasteiger partial charge in [0.1, 0.15) is 0 Å². The lowest BCUT2D eigenvalue weighted by atomic mass is 10.1. The van der Waals surface area contributed by atoms with Gasteiger partial charge < -0.3 is 10.1 Å². The summed E-state index contributed by atoms with van der Waals surface area (Å²) in [4.78, 5) is 2.62. The first-order valence-electron chi connectivity index (χ1n) is 6.65. The minimum atomic E-state index is 0.00309. The van der Waals surface area contributed by atoms with E-state index in [1.165, 1.54) is 25.9 Å². The molecule has 0 amide bonds. The summed E-state index contributed by atoms with van der Waals surface area (Å²) in [6.45, 7) is 11.9. The highest BCUT2D eigenvalue weighted by Gasteiger charge is 2.36. The molecule has 2 fully saturated rings. The summed E-state index contributed by atoms with van der Waals surface area (Å²) < 4.78 is 5.82. The van der Waals surface area contributed by atoms with Crippen LogP contribution < -0.4 is 5.32 Å². The quantitative estimate of drug-likeness (QED) is 0.786. The summed E-state index contributed by atoms with van der Waals surface area (Å²) >= 11 is 0. The predicted molar refractivity (Wildman–Crippen MR) is 66.7 cm³/mol. The van der Waals surface area contributed by atoms with Crippen molar-refractivity contribution in [3.63, 3.8) is 0 Å². The van der Waals surface area contributed by atoms with E-state index in [-0.39, 0.29) is 5.60 Å². The Hall–Kier alpha value is -0.120. The first kappa shape index (κ1) is 12.3. The Morgan fingerprint density at radius 1 is 1.31 bits per heavy atom. The van der Waals surface area contributed by atoms with Gasteiger partial charge in [-0.15, -0.1) is 0 Å². The van der Waals surface area contributed by atoms with Crippen LogP contribution in [0.15, 0.2) is 0 Å². The van der Waals surface area contributed by atoms with Crippen molar-refractivity contribution in [3.8, 4) is 0 Å². The van der Waals surface area contributed by atoms with Crippen LogP contribution in [-0.4, -0.2) is 49.3 Å². The molecule has 2 aliphatic rings. The van der Waals surface area contributed by atoms with Gasteiger partial charge in [0.15, 0.2) is 0 Å². The molecular weight excluding hydrogens is 200 g/mol. The molecule has 1 saturated carbocycles. The van der Waals surface area contributed by atoms with Crippen LogP contribution in [0.5, 0.6) is 0 Å². The molecule has 3 nitrogen and oxygen atoms in total. The predicted octanol–water partition coefficient (Wildman–Crippen LogP) is 1.49. The molecule has 1 aliphatic carbocycles. The summed E-state index contributed by atoms with van der Waals surface area (Å²) in [6.07, 6.45) is 2.87. The lowest BCUT2D eigenvalue weighted by molar-refractivity contribution is -0.0211. The van der Waals surface area contributed by atoms with Gasteiger partial charge in [0, 0.05) is 32.2 Å². The summed E-state index contributed by atoms with van der Waals surface area (Å²) in [5.41, 5.74) is 0.00309. The Kier molecular flexibility index (Phi) is 3.88. The summed E-state index contributed by atoms with van der Waals surface area (Å²) in [5.74, 6) is 0.961. The van der Waals surface area contributed by atoms with Crippen molar-refractivity contribution in [2.45, 2.75) is 45.3 Å². The van der Waals surface area contributed by atoms with Crippen molar-refractivity contribution in [1.29, 1.82) is 0 Å². The Labute approximate surface area is 99.5 Å². The van der Waals surface area contributed by atoms with E-state index in [2.05, 4.69) is 31.0 Å². The van der Waals surface area contributed by atoms with Gasteiger partial charge in [0.25, 0.3) is 0 Å². The molecule has 1 atom stereocenters. The third-order valence-corrected chi connectivity index (χ3v) is 3.48. The van der Waals surface area contributed by atoms with Crippen LogP contribution in [0.2, 0.25) is 0 Å². The second kappa shape index (κ2) is 5.03. The van der Waals surface area contributed by atoms with E-state index in [1.54, 1.807) is 0 Å².